The maximum absolute atomic E-state index is 11.9. The lowest BCUT2D eigenvalue weighted by molar-refractivity contribution is -0.117. The van der Waals surface area contributed by atoms with Crippen LogP contribution in [0.15, 0.2) is 22.7 Å². The zero-order chi connectivity index (χ0) is 14.0. The fourth-order valence-electron chi connectivity index (χ4n) is 2.24. The molecule has 0 radical (unpaired) electrons. The van der Waals surface area contributed by atoms with Gasteiger partial charge in [0.1, 0.15) is 5.78 Å². The molecule has 1 fully saturated rings. The van der Waals surface area contributed by atoms with E-state index in [4.69, 9.17) is 0 Å². The number of carbonyl (C=O) groups is 2. The molecule has 1 saturated heterocycles. The van der Waals surface area contributed by atoms with Gasteiger partial charge in [0.25, 0.3) is 0 Å². The molecule has 0 aliphatic carbocycles. The number of benzene rings is 1. The topological polar surface area (TPSA) is 49.4 Å². The van der Waals surface area contributed by atoms with E-state index in [-0.39, 0.29) is 17.9 Å². The van der Waals surface area contributed by atoms with E-state index in [0.717, 1.165) is 15.6 Å². The Balaban J connectivity index is 2.09. The van der Waals surface area contributed by atoms with Crippen molar-refractivity contribution in [2.45, 2.75) is 26.3 Å². The van der Waals surface area contributed by atoms with E-state index in [1.807, 2.05) is 25.1 Å². The van der Waals surface area contributed by atoms with Crippen molar-refractivity contribution in [2.24, 2.45) is 0 Å². The first-order valence-electron chi connectivity index (χ1n) is 6.28. The summed E-state index contributed by atoms with van der Waals surface area (Å²) in [5.41, 5.74) is 2.27. The third-order valence-electron chi connectivity index (χ3n) is 3.34. The highest BCUT2D eigenvalue weighted by atomic mass is 79.9. The second-order valence-electron chi connectivity index (χ2n) is 4.90. The van der Waals surface area contributed by atoms with Gasteiger partial charge in [-0.25, -0.2) is 4.79 Å². The van der Waals surface area contributed by atoms with Crippen molar-refractivity contribution in [3.8, 4) is 0 Å². The summed E-state index contributed by atoms with van der Waals surface area (Å²) in [6, 6.07) is 5.96. The quantitative estimate of drug-likeness (QED) is 0.925. The van der Waals surface area contributed by atoms with Gasteiger partial charge in [-0.2, -0.15) is 0 Å². The molecule has 0 bridgehead atoms. The summed E-state index contributed by atoms with van der Waals surface area (Å²) in [6.07, 6.45) is 0.414. The van der Waals surface area contributed by atoms with E-state index in [1.165, 1.54) is 0 Å². The number of nitrogens with zero attached hydrogens (tertiary/aromatic N) is 1. The molecule has 0 saturated carbocycles. The van der Waals surface area contributed by atoms with Crippen LogP contribution in [-0.4, -0.2) is 29.8 Å². The molecule has 1 aromatic carbocycles. The Hall–Kier alpha value is -1.36. The third kappa shape index (κ3) is 3.35. The molecule has 1 aromatic rings. The van der Waals surface area contributed by atoms with Crippen LogP contribution in [0.2, 0.25) is 0 Å². The number of carbonyl (C=O) groups excluding carboxylic acids is 2. The van der Waals surface area contributed by atoms with Gasteiger partial charge in [0.05, 0.1) is 6.04 Å². The molecule has 0 aromatic heterocycles. The monoisotopic (exact) mass is 324 g/mol. The third-order valence-corrected chi connectivity index (χ3v) is 3.83. The van der Waals surface area contributed by atoms with Gasteiger partial charge < -0.3 is 10.2 Å². The van der Waals surface area contributed by atoms with E-state index < -0.39 is 0 Å². The van der Waals surface area contributed by atoms with Gasteiger partial charge >= 0.3 is 6.03 Å². The number of urea groups is 1. The molecule has 19 heavy (non-hydrogen) atoms. The molecule has 1 N–H and O–H groups in total. The number of amides is 2. The maximum atomic E-state index is 11.9. The number of nitrogens with one attached hydrogen (secondary N) is 1. The molecule has 2 amide bonds. The van der Waals surface area contributed by atoms with Crippen molar-refractivity contribution < 1.29 is 9.59 Å². The first-order valence-corrected chi connectivity index (χ1v) is 7.07. The number of aryl methyl sites for hydroxylation is 1. The zero-order valence-corrected chi connectivity index (χ0v) is 12.7. The van der Waals surface area contributed by atoms with Gasteiger partial charge in [0.15, 0.2) is 0 Å². The molecular formula is C14H17BrN2O2. The Morgan fingerprint density at radius 3 is 2.95 bits per heavy atom. The van der Waals surface area contributed by atoms with Crippen molar-refractivity contribution >= 4 is 27.7 Å². The van der Waals surface area contributed by atoms with Gasteiger partial charge in [-0.3, -0.25) is 4.79 Å². The van der Waals surface area contributed by atoms with Gasteiger partial charge in [-0.15, -0.1) is 0 Å². The van der Waals surface area contributed by atoms with Crippen LogP contribution in [0.5, 0.6) is 0 Å². The molecular weight excluding hydrogens is 308 g/mol. The van der Waals surface area contributed by atoms with Gasteiger partial charge in [-0.05, 0) is 37.1 Å². The van der Waals surface area contributed by atoms with Crippen molar-refractivity contribution in [1.29, 1.82) is 0 Å². The number of rotatable bonds is 4. The van der Waals surface area contributed by atoms with Crippen molar-refractivity contribution in [3.05, 3.63) is 33.8 Å². The molecule has 4 nitrogen and oxygen atoms in total. The summed E-state index contributed by atoms with van der Waals surface area (Å²) in [4.78, 5) is 24.6. The average Bonchev–Trinajstić information content (AvgIpc) is 2.71. The van der Waals surface area contributed by atoms with Crippen molar-refractivity contribution in [2.75, 3.05) is 13.1 Å². The molecule has 1 atom stereocenters. The van der Waals surface area contributed by atoms with Crippen LogP contribution in [0.3, 0.4) is 0 Å². The molecule has 102 valence electrons. The Kier molecular flexibility index (Phi) is 4.24. The predicted octanol–water partition coefficient (Wildman–Crippen LogP) is 2.80. The van der Waals surface area contributed by atoms with Crippen LogP contribution < -0.4 is 5.32 Å². The van der Waals surface area contributed by atoms with Crippen LogP contribution in [0.25, 0.3) is 0 Å². The normalized spacial score (nSPS) is 18.6. The Bertz CT molecular complexity index is 516. The number of Topliss-reactive ketones (excluding diaryl/α,β-unsaturated/α-hetero) is 1. The zero-order valence-electron chi connectivity index (χ0n) is 11.1. The minimum absolute atomic E-state index is 0.00282. The number of halogens is 1. The summed E-state index contributed by atoms with van der Waals surface area (Å²) in [5, 5.41) is 2.97. The van der Waals surface area contributed by atoms with E-state index in [1.54, 1.807) is 11.8 Å². The summed E-state index contributed by atoms with van der Waals surface area (Å²) < 4.78 is 1.00. The lowest BCUT2D eigenvalue weighted by atomic mass is 10.0. The molecule has 2 rings (SSSR count). The first kappa shape index (κ1) is 14.1. The number of hydrogen-bond donors (Lipinski definition) is 1. The summed E-state index contributed by atoms with van der Waals surface area (Å²) in [6.45, 7) is 4.68. The molecule has 1 unspecified atom stereocenters. The highest BCUT2D eigenvalue weighted by Crippen LogP contribution is 2.26. The fourth-order valence-corrected chi connectivity index (χ4v) is 2.62. The maximum Gasteiger partial charge on any atom is 0.318 e. The average molecular weight is 325 g/mol. The Morgan fingerprint density at radius 2 is 2.26 bits per heavy atom. The minimum Gasteiger partial charge on any atom is -0.329 e. The smallest absolute Gasteiger partial charge is 0.318 e. The van der Waals surface area contributed by atoms with Gasteiger partial charge in [-0.1, -0.05) is 22.0 Å². The van der Waals surface area contributed by atoms with Gasteiger partial charge in [0.2, 0.25) is 0 Å². The Labute approximate surface area is 121 Å². The van der Waals surface area contributed by atoms with Crippen molar-refractivity contribution in [3.63, 3.8) is 0 Å². The largest absolute Gasteiger partial charge is 0.329 e. The molecule has 1 aliphatic rings. The highest BCUT2D eigenvalue weighted by Gasteiger charge is 2.30. The standard InChI is InChI=1S/C14H17BrN2O2/c1-9-3-4-11(15)7-12(9)13-8-17(14(19)16-13)6-5-10(2)18/h3-4,7,13H,5-6,8H2,1-2H3,(H,16,19). The van der Waals surface area contributed by atoms with Crippen LogP contribution >= 0.6 is 15.9 Å². The molecule has 0 spiro atoms. The van der Waals surface area contributed by atoms with Crippen LogP contribution in [0.1, 0.15) is 30.5 Å². The van der Waals surface area contributed by atoms with E-state index >= 15 is 0 Å². The molecule has 1 aliphatic heterocycles. The summed E-state index contributed by atoms with van der Waals surface area (Å²) in [5.74, 6) is 0.106. The molecule has 1 heterocycles. The van der Waals surface area contributed by atoms with E-state index in [2.05, 4.69) is 21.2 Å². The van der Waals surface area contributed by atoms with Crippen LogP contribution in [-0.2, 0) is 4.79 Å². The van der Waals surface area contributed by atoms with Gasteiger partial charge in [0, 0.05) is 24.0 Å². The van der Waals surface area contributed by atoms with Crippen molar-refractivity contribution in [1.82, 2.24) is 10.2 Å². The SMILES string of the molecule is CC(=O)CCN1CC(c2cc(Br)ccc2C)NC1=O. The van der Waals surface area contributed by atoms with E-state index in [9.17, 15) is 9.59 Å². The lowest BCUT2D eigenvalue weighted by Gasteiger charge is -2.15. The first-order chi connectivity index (χ1) is 8.97. The summed E-state index contributed by atoms with van der Waals surface area (Å²) in [7, 11) is 0. The lowest BCUT2D eigenvalue weighted by Crippen LogP contribution is -2.29. The number of hydrogen-bond acceptors (Lipinski definition) is 2. The molecule has 5 heteroatoms. The Morgan fingerprint density at radius 1 is 1.53 bits per heavy atom. The number of ketones is 1. The second-order valence-corrected chi connectivity index (χ2v) is 5.82. The van der Waals surface area contributed by atoms with Crippen LogP contribution in [0, 0.1) is 6.92 Å². The van der Waals surface area contributed by atoms with E-state index in [0.29, 0.717) is 19.5 Å². The minimum atomic E-state index is -0.0920. The van der Waals surface area contributed by atoms with Crippen LogP contribution in [0.4, 0.5) is 4.79 Å². The fraction of sp³-hybridized carbons (Fsp3) is 0.429. The summed E-state index contributed by atoms with van der Waals surface area (Å²) >= 11 is 3.45. The predicted molar refractivity (Wildman–Crippen MR) is 77.0 cm³/mol. The highest BCUT2D eigenvalue weighted by molar-refractivity contribution is 9.10. The second kappa shape index (κ2) is 5.74.